The predicted octanol–water partition coefficient (Wildman–Crippen LogP) is 2.65. The Kier molecular flexibility index (Phi) is 5.17. The molecule has 28 heavy (non-hydrogen) atoms. The number of hydrogen-bond donors (Lipinski definition) is 2. The molecule has 144 valence electrons. The zero-order valence-corrected chi connectivity index (χ0v) is 16.2. The minimum absolute atomic E-state index is 0.00493. The second kappa shape index (κ2) is 7.90. The van der Waals surface area contributed by atoms with Gasteiger partial charge in [-0.15, -0.1) is 0 Å². The number of quaternary nitrogens is 1. The van der Waals surface area contributed by atoms with Crippen molar-refractivity contribution in [3.8, 4) is 11.5 Å². The second-order valence-corrected chi connectivity index (χ2v) is 7.27. The van der Waals surface area contributed by atoms with Crippen molar-refractivity contribution in [2.45, 2.75) is 19.5 Å². The number of carbonyl (C=O) groups is 1. The number of hydrogen-bond acceptors (Lipinski definition) is 3. The van der Waals surface area contributed by atoms with Crippen LogP contribution in [0.5, 0.6) is 11.5 Å². The van der Waals surface area contributed by atoms with Crippen LogP contribution in [0, 0.1) is 0 Å². The summed E-state index contributed by atoms with van der Waals surface area (Å²) >= 11 is 0. The molecule has 1 unspecified atom stereocenters. The molecule has 5 nitrogen and oxygen atoms in total. The summed E-state index contributed by atoms with van der Waals surface area (Å²) in [5, 5.41) is 5.32. The van der Waals surface area contributed by atoms with Gasteiger partial charge in [-0.25, -0.2) is 0 Å². The lowest BCUT2D eigenvalue weighted by atomic mass is 10.1. The molecule has 0 saturated carbocycles. The molecule has 0 aliphatic carbocycles. The van der Waals surface area contributed by atoms with Crippen LogP contribution in [0.3, 0.4) is 0 Å². The summed E-state index contributed by atoms with van der Waals surface area (Å²) in [5.41, 5.74) is 1.94. The summed E-state index contributed by atoms with van der Waals surface area (Å²) in [4.78, 5) is 13.8. The van der Waals surface area contributed by atoms with E-state index in [1.165, 1.54) is 0 Å². The number of carbonyl (C=O) groups excluding carboxylic acids is 1. The molecule has 0 radical (unpaired) electrons. The number of rotatable bonds is 5. The number of ether oxygens (including phenoxy) is 2. The number of fused-ring (bicyclic) bond motifs is 2. The lowest BCUT2D eigenvalue weighted by molar-refractivity contribution is -0.907. The van der Waals surface area contributed by atoms with E-state index in [2.05, 4.69) is 11.4 Å². The van der Waals surface area contributed by atoms with Crippen molar-refractivity contribution in [3.05, 3.63) is 66.2 Å². The quantitative estimate of drug-likeness (QED) is 0.719. The van der Waals surface area contributed by atoms with E-state index in [1.54, 1.807) is 0 Å². The number of likely N-dealkylation sites (N-methyl/N-ethyl adjacent to an activating group) is 1. The van der Waals surface area contributed by atoms with Gasteiger partial charge in [0, 0.05) is 11.3 Å². The van der Waals surface area contributed by atoms with Gasteiger partial charge in [0.1, 0.15) is 19.8 Å². The number of anilines is 1. The van der Waals surface area contributed by atoms with E-state index in [1.807, 2.05) is 68.6 Å². The molecule has 0 spiro atoms. The average Bonchev–Trinajstić information content (AvgIpc) is 2.73. The maximum absolute atomic E-state index is 12.7. The molecule has 4 rings (SSSR count). The fourth-order valence-electron chi connectivity index (χ4n) is 3.41. The van der Waals surface area contributed by atoms with Crippen LogP contribution >= 0.6 is 0 Å². The SMILES string of the molecule is C[C@H](C(=O)Nc1ccc2ccccc2c1)[NH+](C)Cc1ccc2c(c1)OCCO2. The molecule has 1 aliphatic heterocycles. The van der Waals surface area contributed by atoms with E-state index in [4.69, 9.17) is 9.47 Å². The second-order valence-electron chi connectivity index (χ2n) is 7.27. The van der Waals surface area contributed by atoms with Crippen molar-refractivity contribution in [1.82, 2.24) is 0 Å². The van der Waals surface area contributed by atoms with Gasteiger partial charge in [-0.05, 0) is 48.0 Å². The molecule has 0 bridgehead atoms. The highest BCUT2D eigenvalue weighted by Gasteiger charge is 2.23. The summed E-state index contributed by atoms with van der Waals surface area (Å²) in [7, 11) is 2.03. The van der Waals surface area contributed by atoms with E-state index < -0.39 is 0 Å². The zero-order chi connectivity index (χ0) is 19.5. The standard InChI is InChI=1S/C23H24N2O3/c1-16(23(26)24-20-9-8-18-5-3-4-6-19(18)14-20)25(2)15-17-7-10-21-22(13-17)28-12-11-27-21/h3-10,13-14,16H,11-12,15H2,1-2H3,(H,24,26)/p+1/t16-/m1/s1. The van der Waals surface area contributed by atoms with Crippen molar-refractivity contribution in [2.24, 2.45) is 0 Å². The van der Waals surface area contributed by atoms with Crippen molar-refractivity contribution < 1.29 is 19.2 Å². The third-order valence-electron chi connectivity index (χ3n) is 5.24. The molecule has 2 atom stereocenters. The summed E-state index contributed by atoms with van der Waals surface area (Å²) in [6, 6.07) is 19.9. The van der Waals surface area contributed by atoms with Gasteiger partial charge < -0.3 is 19.7 Å². The highest BCUT2D eigenvalue weighted by Crippen LogP contribution is 2.30. The fourth-order valence-corrected chi connectivity index (χ4v) is 3.41. The highest BCUT2D eigenvalue weighted by molar-refractivity contribution is 5.96. The van der Waals surface area contributed by atoms with Crippen LogP contribution in [0.4, 0.5) is 5.69 Å². The van der Waals surface area contributed by atoms with Crippen LogP contribution < -0.4 is 19.7 Å². The first-order valence-corrected chi connectivity index (χ1v) is 9.60. The Balaban J connectivity index is 1.41. The maximum Gasteiger partial charge on any atom is 0.282 e. The number of benzene rings is 3. The first-order chi connectivity index (χ1) is 13.6. The summed E-state index contributed by atoms with van der Waals surface area (Å²) < 4.78 is 11.2. The molecule has 0 aromatic heterocycles. The van der Waals surface area contributed by atoms with Crippen molar-refractivity contribution in [3.63, 3.8) is 0 Å². The molecule has 5 heteroatoms. The van der Waals surface area contributed by atoms with Gasteiger partial charge in [-0.2, -0.15) is 0 Å². The topological polar surface area (TPSA) is 52.0 Å². The van der Waals surface area contributed by atoms with E-state index >= 15 is 0 Å². The summed E-state index contributed by atoms with van der Waals surface area (Å²) in [6.07, 6.45) is 0. The Labute approximate surface area is 164 Å². The molecule has 0 saturated heterocycles. The summed E-state index contributed by atoms with van der Waals surface area (Å²) in [5.74, 6) is 1.57. The Morgan fingerprint density at radius 2 is 1.75 bits per heavy atom. The van der Waals surface area contributed by atoms with Gasteiger partial charge in [-0.1, -0.05) is 30.3 Å². The van der Waals surface area contributed by atoms with Gasteiger partial charge in [0.2, 0.25) is 0 Å². The van der Waals surface area contributed by atoms with Gasteiger partial charge in [0.05, 0.1) is 7.05 Å². The van der Waals surface area contributed by atoms with Gasteiger partial charge in [-0.3, -0.25) is 4.79 Å². The Morgan fingerprint density at radius 1 is 1.00 bits per heavy atom. The smallest absolute Gasteiger partial charge is 0.282 e. The molecular formula is C23H25N2O3+. The van der Waals surface area contributed by atoms with Crippen molar-refractivity contribution >= 4 is 22.4 Å². The molecule has 1 amide bonds. The predicted molar refractivity (Wildman–Crippen MR) is 110 cm³/mol. The number of amides is 1. The first-order valence-electron chi connectivity index (χ1n) is 9.60. The van der Waals surface area contributed by atoms with Crippen LogP contribution in [0.2, 0.25) is 0 Å². The van der Waals surface area contributed by atoms with Crippen LogP contribution in [0.1, 0.15) is 12.5 Å². The van der Waals surface area contributed by atoms with Crippen molar-refractivity contribution in [2.75, 3.05) is 25.6 Å². The zero-order valence-electron chi connectivity index (χ0n) is 16.2. The van der Waals surface area contributed by atoms with E-state index in [0.29, 0.717) is 13.2 Å². The first kappa shape index (κ1) is 18.3. The molecular weight excluding hydrogens is 352 g/mol. The van der Waals surface area contributed by atoms with Crippen LogP contribution in [-0.2, 0) is 11.3 Å². The maximum atomic E-state index is 12.7. The third-order valence-corrected chi connectivity index (χ3v) is 5.24. The van der Waals surface area contributed by atoms with E-state index in [9.17, 15) is 4.79 Å². The molecule has 1 aliphatic rings. The van der Waals surface area contributed by atoms with Crippen LogP contribution in [0.15, 0.2) is 60.7 Å². The van der Waals surface area contributed by atoms with Gasteiger partial charge in [0.25, 0.3) is 5.91 Å². The third kappa shape index (κ3) is 3.94. The fraction of sp³-hybridized carbons (Fsp3) is 0.261. The largest absolute Gasteiger partial charge is 0.486 e. The lowest BCUT2D eigenvalue weighted by Gasteiger charge is -2.23. The Bertz CT molecular complexity index is 1000. The Morgan fingerprint density at radius 3 is 2.57 bits per heavy atom. The normalized spacial score (nSPS) is 15.1. The minimum atomic E-state index is -0.195. The molecule has 0 fully saturated rings. The van der Waals surface area contributed by atoms with Gasteiger partial charge in [0.15, 0.2) is 17.5 Å². The monoisotopic (exact) mass is 377 g/mol. The molecule has 3 aromatic carbocycles. The average molecular weight is 377 g/mol. The minimum Gasteiger partial charge on any atom is -0.486 e. The lowest BCUT2D eigenvalue weighted by Crippen LogP contribution is -3.12. The van der Waals surface area contributed by atoms with Crippen molar-refractivity contribution in [1.29, 1.82) is 0 Å². The molecule has 1 heterocycles. The van der Waals surface area contributed by atoms with Crippen LogP contribution in [0.25, 0.3) is 10.8 Å². The highest BCUT2D eigenvalue weighted by atomic mass is 16.6. The van der Waals surface area contributed by atoms with Crippen LogP contribution in [-0.4, -0.2) is 32.2 Å². The van der Waals surface area contributed by atoms with E-state index in [-0.39, 0.29) is 11.9 Å². The van der Waals surface area contributed by atoms with Gasteiger partial charge >= 0.3 is 0 Å². The van der Waals surface area contributed by atoms with E-state index in [0.717, 1.165) is 45.0 Å². The summed E-state index contributed by atoms with van der Waals surface area (Å²) in [6.45, 7) is 3.83. The molecule has 2 N–H and O–H groups in total. The molecule has 3 aromatic rings. The number of nitrogens with one attached hydrogen (secondary N) is 2. The Hall–Kier alpha value is -3.05.